The second kappa shape index (κ2) is 6.95. The van der Waals surface area contributed by atoms with Gasteiger partial charge in [0, 0.05) is 31.6 Å². The zero-order valence-corrected chi connectivity index (χ0v) is 13.6. The van der Waals surface area contributed by atoms with Crippen LogP contribution in [-0.4, -0.2) is 42.4 Å². The van der Waals surface area contributed by atoms with E-state index in [9.17, 15) is 13.6 Å². The molecule has 0 unspecified atom stereocenters. The topological polar surface area (TPSA) is 23.6 Å². The fourth-order valence-electron chi connectivity index (χ4n) is 3.35. The SMILES string of the molecule is CN(CC1CCN(Cc2cc(F)ccc2F)CC1)C(=O)C1CC1. The Bertz CT molecular complexity index is 566. The molecule has 0 aromatic heterocycles. The normalized spacial score (nSPS) is 19.8. The molecule has 23 heavy (non-hydrogen) atoms. The number of carbonyl (C=O) groups is 1. The maximum Gasteiger partial charge on any atom is 0.225 e. The van der Waals surface area contributed by atoms with Gasteiger partial charge in [-0.2, -0.15) is 0 Å². The Balaban J connectivity index is 1.46. The summed E-state index contributed by atoms with van der Waals surface area (Å²) in [7, 11) is 1.90. The van der Waals surface area contributed by atoms with Gasteiger partial charge in [0.25, 0.3) is 0 Å². The fraction of sp³-hybridized carbons (Fsp3) is 0.611. The first-order chi connectivity index (χ1) is 11.0. The molecule has 1 aromatic rings. The molecule has 5 heteroatoms. The third kappa shape index (κ3) is 4.28. The van der Waals surface area contributed by atoms with Crippen molar-refractivity contribution < 1.29 is 13.6 Å². The van der Waals surface area contributed by atoms with Gasteiger partial charge in [-0.3, -0.25) is 9.69 Å². The van der Waals surface area contributed by atoms with Gasteiger partial charge in [-0.15, -0.1) is 0 Å². The summed E-state index contributed by atoms with van der Waals surface area (Å²) in [6, 6.07) is 3.62. The van der Waals surface area contributed by atoms with Gasteiger partial charge >= 0.3 is 0 Å². The number of piperidine rings is 1. The molecule has 3 nitrogen and oxygen atoms in total. The lowest BCUT2D eigenvalue weighted by molar-refractivity contribution is -0.132. The van der Waals surface area contributed by atoms with Crippen LogP contribution >= 0.6 is 0 Å². The van der Waals surface area contributed by atoms with E-state index in [1.807, 2.05) is 11.9 Å². The number of hydrogen-bond acceptors (Lipinski definition) is 2. The molecule has 0 N–H and O–H groups in total. The number of rotatable bonds is 5. The number of amides is 1. The molecule has 1 heterocycles. The number of likely N-dealkylation sites (tertiary alicyclic amines) is 1. The van der Waals surface area contributed by atoms with Crippen molar-refractivity contribution in [3.05, 3.63) is 35.4 Å². The second-order valence-electron chi connectivity index (χ2n) is 6.95. The van der Waals surface area contributed by atoms with E-state index in [4.69, 9.17) is 0 Å². The van der Waals surface area contributed by atoms with E-state index in [0.717, 1.165) is 51.4 Å². The summed E-state index contributed by atoms with van der Waals surface area (Å²) >= 11 is 0. The fourth-order valence-corrected chi connectivity index (χ4v) is 3.35. The van der Waals surface area contributed by atoms with Crippen LogP contribution < -0.4 is 0 Å². The quantitative estimate of drug-likeness (QED) is 0.832. The molecular weight excluding hydrogens is 298 g/mol. The minimum absolute atomic E-state index is 0.274. The predicted molar refractivity (Wildman–Crippen MR) is 84.7 cm³/mol. The molecule has 3 rings (SSSR count). The molecular formula is C18H24F2N2O. The van der Waals surface area contributed by atoms with Crippen LogP contribution in [0.5, 0.6) is 0 Å². The van der Waals surface area contributed by atoms with Crippen molar-refractivity contribution in [2.45, 2.75) is 32.2 Å². The first kappa shape index (κ1) is 16.4. The van der Waals surface area contributed by atoms with Crippen molar-refractivity contribution in [3.63, 3.8) is 0 Å². The van der Waals surface area contributed by atoms with Crippen LogP contribution in [0.25, 0.3) is 0 Å². The van der Waals surface area contributed by atoms with Crippen LogP contribution in [0.4, 0.5) is 8.78 Å². The van der Waals surface area contributed by atoms with Gasteiger partial charge in [0.15, 0.2) is 0 Å². The minimum Gasteiger partial charge on any atom is -0.345 e. The first-order valence-corrected chi connectivity index (χ1v) is 8.44. The lowest BCUT2D eigenvalue weighted by Crippen LogP contribution is -2.39. The average molecular weight is 322 g/mol. The maximum atomic E-state index is 13.7. The molecule has 1 saturated carbocycles. The van der Waals surface area contributed by atoms with Crippen molar-refractivity contribution >= 4 is 5.91 Å². The van der Waals surface area contributed by atoms with E-state index < -0.39 is 5.82 Å². The van der Waals surface area contributed by atoms with E-state index in [1.54, 1.807) is 0 Å². The number of benzene rings is 1. The molecule has 0 bridgehead atoms. The van der Waals surface area contributed by atoms with Gasteiger partial charge in [0.1, 0.15) is 11.6 Å². The molecule has 0 radical (unpaired) electrons. The molecule has 1 aliphatic heterocycles. The smallest absolute Gasteiger partial charge is 0.225 e. The van der Waals surface area contributed by atoms with Gasteiger partial charge in [0.2, 0.25) is 5.91 Å². The van der Waals surface area contributed by atoms with Gasteiger partial charge in [0.05, 0.1) is 0 Å². The van der Waals surface area contributed by atoms with Crippen LogP contribution in [-0.2, 0) is 11.3 Å². The highest BCUT2D eigenvalue weighted by Gasteiger charge is 2.33. The largest absolute Gasteiger partial charge is 0.345 e. The Morgan fingerprint density at radius 1 is 1.22 bits per heavy atom. The summed E-state index contributed by atoms with van der Waals surface area (Å²) in [5, 5.41) is 0. The maximum absolute atomic E-state index is 13.7. The Kier molecular flexibility index (Phi) is 4.95. The van der Waals surface area contributed by atoms with Gasteiger partial charge < -0.3 is 4.90 Å². The monoisotopic (exact) mass is 322 g/mol. The molecule has 0 atom stereocenters. The van der Waals surface area contributed by atoms with Crippen molar-refractivity contribution in [1.82, 2.24) is 9.80 Å². The molecule has 2 fully saturated rings. The Morgan fingerprint density at radius 2 is 1.91 bits per heavy atom. The van der Waals surface area contributed by atoms with Crippen LogP contribution in [0.15, 0.2) is 18.2 Å². The molecule has 1 saturated heterocycles. The van der Waals surface area contributed by atoms with E-state index in [0.29, 0.717) is 18.0 Å². The average Bonchev–Trinajstić information content (AvgIpc) is 3.37. The lowest BCUT2D eigenvalue weighted by atomic mass is 9.95. The van der Waals surface area contributed by atoms with Gasteiger partial charge in [-0.05, 0) is 62.9 Å². The molecule has 1 aromatic carbocycles. The van der Waals surface area contributed by atoms with Crippen LogP contribution in [0.3, 0.4) is 0 Å². The van der Waals surface area contributed by atoms with Crippen molar-refractivity contribution in [2.24, 2.45) is 11.8 Å². The van der Waals surface area contributed by atoms with E-state index >= 15 is 0 Å². The summed E-state index contributed by atoms with van der Waals surface area (Å²) in [5.41, 5.74) is 0.421. The third-order valence-electron chi connectivity index (χ3n) is 4.94. The number of hydrogen-bond donors (Lipinski definition) is 0. The highest BCUT2D eigenvalue weighted by atomic mass is 19.1. The molecule has 2 aliphatic rings. The highest BCUT2D eigenvalue weighted by molar-refractivity contribution is 5.80. The summed E-state index contributed by atoms with van der Waals surface area (Å²) in [5.74, 6) is 0.335. The molecule has 1 aliphatic carbocycles. The zero-order chi connectivity index (χ0) is 16.4. The number of nitrogens with zero attached hydrogens (tertiary/aromatic N) is 2. The molecule has 126 valence electrons. The van der Waals surface area contributed by atoms with Crippen molar-refractivity contribution in [2.75, 3.05) is 26.7 Å². The summed E-state index contributed by atoms with van der Waals surface area (Å²) in [4.78, 5) is 16.0. The Hall–Kier alpha value is -1.49. The summed E-state index contributed by atoms with van der Waals surface area (Å²) < 4.78 is 26.9. The summed E-state index contributed by atoms with van der Waals surface area (Å²) in [6.45, 7) is 3.00. The van der Waals surface area contributed by atoms with Crippen molar-refractivity contribution in [1.29, 1.82) is 0 Å². The second-order valence-corrected chi connectivity index (χ2v) is 6.95. The summed E-state index contributed by atoms with van der Waals surface area (Å²) in [6.07, 6.45) is 4.08. The lowest BCUT2D eigenvalue weighted by Gasteiger charge is -2.34. The number of carbonyl (C=O) groups excluding carboxylic acids is 1. The Morgan fingerprint density at radius 3 is 2.57 bits per heavy atom. The zero-order valence-electron chi connectivity index (χ0n) is 13.6. The highest BCUT2D eigenvalue weighted by Crippen LogP contribution is 2.31. The van der Waals surface area contributed by atoms with Crippen molar-refractivity contribution in [3.8, 4) is 0 Å². The van der Waals surface area contributed by atoms with E-state index in [-0.39, 0.29) is 17.6 Å². The number of halogens is 2. The van der Waals surface area contributed by atoms with E-state index in [2.05, 4.69) is 4.90 Å². The van der Waals surface area contributed by atoms with Crippen LogP contribution in [0.1, 0.15) is 31.2 Å². The van der Waals surface area contributed by atoms with E-state index in [1.165, 1.54) is 12.1 Å². The van der Waals surface area contributed by atoms with Crippen LogP contribution in [0, 0.1) is 23.5 Å². The molecule has 1 amide bonds. The minimum atomic E-state index is -0.392. The predicted octanol–water partition coefficient (Wildman–Crippen LogP) is 3.05. The standard InChI is InChI=1S/C18H24F2N2O/c1-21(18(23)14-2-3-14)11-13-6-8-22(9-7-13)12-15-10-16(19)4-5-17(15)20/h4-5,10,13-14H,2-3,6-9,11-12H2,1H3. The molecule has 0 spiro atoms. The Labute approximate surface area is 136 Å². The third-order valence-corrected chi connectivity index (χ3v) is 4.94. The first-order valence-electron chi connectivity index (χ1n) is 8.44. The van der Waals surface area contributed by atoms with Gasteiger partial charge in [-0.1, -0.05) is 0 Å². The van der Waals surface area contributed by atoms with Crippen LogP contribution in [0.2, 0.25) is 0 Å². The van der Waals surface area contributed by atoms with Gasteiger partial charge in [-0.25, -0.2) is 8.78 Å².